The van der Waals surface area contributed by atoms with E-state index in [4.69, 9.17) is 11.6 Å². The van der Waals surface area contributed by atoms with Crippen LogP contribution in [0.3, 0.4) is 0 Å². The van der Waals surface area contributed by atoms with E-state index >= 15 is 0 Å². The molecule has 65 valence electrons. The van der Waals surface area contributed by atoms with Crippen molar-refractivity contribution >= 4 is 11.6 Å². The van der Waals surface area contributed by atoms with Gasteiger partial charge in [-0.2, -0.15) is 5.10 Å². The van der Waals surface area contributed by atoms with E-state index in [0.717, 1.165) is 11.3 Å². The first-order chi connectivity index (χ1) is 6.36. The molecule has 0 aliphatic rings. The summed E-state index contributed by atoms with van der Waals surface area (Å²) in [5.41, 5.74) is 1.81. The third-order valence-corrected chi connectivity index (χ3v) is 2.01. The van der Waals surface area contributed by atoms with Gasteiger partial charge < -0.3 is 0 Å². The van der Waals surface area contributed by atoms with Crippen LogP contribution in [0.1, 0.15) is 11.3 Å². The summed E-state index contributed by atoms with van der Waals surface area (Å²) in [6.07, 6.45) is 5.19. The van der Waals surface area contributed by atoms with Gasteiger partial charge in [0.2, 0.25) is 0 Å². The van der Waals surface area contributed by atoms with Gasteiger partial charge in [0.25, 0.3) is 0 Å². The second-order valence-corrected chi connectivity index (χ2v) is 3.00. The minimum atomic E-state index is 0.533. The topological polar surface area (TPSA) is 41.6 Å². The van der Waals surface area contributed by atoms with Crippen LogP contribution in [0, 0.1) is 6.20 Å². The molecule has 0 saturated carbocycles. The summed E-state index contributed by atoms with van der Waals surface area (Å²) in [6.45, 7) is 0. The summed E-state index contributed by atoms with van der Waals surface area (Å²) in [7, 11) is 0. The molecule has 4 heteroatoms. The van der Waals surface area contributed by atoms with Gasteiger partial charge in [0.05, 0.1) is 0 Å². The molecule has 0 saturated heterocycles. The van der Waals surface area contributed by atoms with E-state index in [1.807, 2.05) is 18.2 Å². The zero-order chi connectivity index (χ0) is 9.10. The van der Waals surface area contributed by atoms with Crippen molar-refractivity contribution in [1.29, 1.82) is 0 Å². The second kappa shape index (κ2) is 3.58. The molecule has 1 N–H and O–H groups in total. The molecule has 0 amide bonds. The van der Waals surface area contributed by atoms with Gasteiger partial charge in [-0.1, -0.05) is 17.7 Å². The van der Waals surface area contributed by atoms with E-state index in [1.165, 1.54) is 0 Å². The fourth-order valence-corrected chi connectivity index (χ4v) is 1.21. The highest BCUT2D eigenvalue weighted by molar-refractivity contribution is 6.30. The fourth-order valence-electron chi connectivity index (χ4n) is 1.06. The van der Waals surface area contributed by atoms with E-state index in [0.29, 0.717) is 11.6 Å². The molecule has 2 heterocycles. The first-order valence-electron chi connectivity index (χ1n) is 3.86. The number of aromatic amines is 1. The molecule has 0 aliphatic carbocycles. The Kier molecular flexibility index (Phi) is 2.27. The van der Waals surface area contributed by atoms with Crippen LogP contribution in [-0.4, -0.2) is 15.2 Å². The van der Waals surface area contributed by atoms with Crippen molar-refractivity contribution in [2.45, 2.75) is 6.42 Å². The van der Waals surface area contributed by atoms with Gasteiger partial charge in [-0.15, -0.1) is 0 Å². The lowest BCUT2D eigenvalue weighted by molar-refractivity contribution is 1.07. The molecular formula is C9H7ClN3. The van der Waals surface area contributed by atoms with Crippen LogP contribution >= 0.6 is 11.6 Å². The smallest absolute Gasteiger partial charge is 0.128 e. The first-order valence-corrected chi connectivity index (χ1v) is 4.24. The number of halogens is 1. The quantitative estimate of drug-likeness (QED) is 0.789. The van der Waals surface area contributed by atoms with Crippen molar-refractivity contribution in [2.24, 2.45) is 0 Å². The number of nitrogens with zero attached hydrogens (tertiary/aromatic N) is 2. The molecule has 1 radical (unpaired) electrons. The van der Waals surface area contributed by atoms with Gasteiger partial charge >= 0.3 is 0 Å². The normalized spacial score (nSPS) is 10.2. The van der Waals surface area contributed by atoms with Crippen LogP contribution in [0.5, 0.6) is 0 Å². The van der Waals surface area contributed by atoms with Crippen LogP contribution in [-0.2, 0) is 6.42 Å². The standard InChI is InChI=1S/C9H7ClN3/c10-9-7(6-12-13-9)5-8-3-1-2-4-11-8/h1-4H,5H2,(H,12,13). The Balaban J connectivity index is 2.20. The Morgan fingerprint density at radius 1 is 1.46 bits per heavy atom. The first kappa shape index (κ1) is 8.26. The van der Waals surface area contributed by atoms with Crippen molar-refractivity contribution in [3.63, 3.8) is 0 Å². The monoisotopic (exact) mass is 192 g/mol. The van der Waals surface area contributed by atoms with E-state index in [2.05, 4.69) is 21.4 Å². The maximum absolute atomic E-state index is 5.81. The Morgan fingerprint density at radius 3 is 3.00 bits per heavy atom. The van der Waals surface area contributed by atoms with Crippen molar-refractivity contribution < 1.29 is 0 Å². The van der Waals surface area contributed by atoms with Gasteiger partial charge in [-0.05, 0) is 12.1 Å². The van der Waals surface area contributed by atoms with Gasteiger partial charge in [0.1, 0.15) is 11.3 Å². The third-order valence-electron chi connectivity index (χ3n) is 1.69. The molecule has 0 atom stereocenters. The zero-order valence-corrected chi connectivity index (χ0v) is 7.54. The average molecular weight is 193 g/mol. The summed E-state index contributed by atoms with van der Waals surface area (Å²) >= 11 is 5.81. The lowest BCUT2D eigenvalue weighted by Crippen LogP contribution is -1.89. The van der Waals surface area contributed by atoms with Crippen molar-refractivity contribution in [3.8, 4) is 0 Å². The fraction of sp³-hybridized carbons (Fsp3) is 0.111. The highest BCUT2D eigenvalue weighted by Crippen LogP contribution is 2.13. The van der Waals surface area contributed by atoms with E-state index in [1.54, 1.807) is 6.20 Å². The molecule has 0 unspecified atom stereocenters. The number of pyridine rings is 1. The highest BCUT2D eigenvalue weighted by atomic mass is 35.5. The minimum absolute atomic E-state index is 0.533. The maximum Gasteiger partial charge on any atom is 0.128 e. The number of H-pyrrole nitrogens is 1. The molecule has 2 aromatic rings. The summed E-state index contributed by atoms with van der Waals surface area (Å²) < 4.78 is 0. The zero-order valence-electron chi connectivity index (χ0n) is 6.79. The number of hydrogen-bond acceptors (Lipinski definition) is 2. The predicted molar refractivity (Wildman–Crippen MR) is 49.5 cm³/mol. The Bertz CT molecular complexity index is 383. The van der Waals surface area contributed by atoms with Crippen LogP contribution < -0.4 is 0 Å². The Hall–Kier alpha value is -1.35. The van der Waals surface area contributed by atoms with Crippen LogP contribution in [0.2, 0.25) is 5.15 Å². The summed E-state index contributed by atoms with van der Waals surface area (Å²) in [6, 6.07) is 5.76. The average Bonchev–Trinajstić information content (AvgIpc) is 2.54. The van der Waals surface area contributed by atoms with Gasteiger partial charge in [-0.25, -0.2) is 0 Å². The molecule has 0 fully saturated rings. The summed E-state index contributed by atoms with van der Waals surface area (Å²) in [4.78, 5) is 4.17. The van der Waals surface area contributed by atoms with Gasteiger partial charge in [0, 0.05) is 23.9 Å². The van der Waals surface area contributed by atoms with Crippen LogP contribution in [0.15, 0.2) is 24.4 Å². The lowest BCUT2D eigenvalue weighted by atomic mass is 10.2. The molecule has 0 bridgehead atoms. The molecule has 2 rings (SSSR count). The molecule has 2 aromatic heterocycles. The number of hydrogen-bond donors (Lipinski definition) is 1. The van der Waals surface area contributed by atoms with Gasteiger partial charge in [-0.3, -0.25) is 10.1 Å². The van der Waals surface area contributed by atoms with E-state index in [9.17, 15) is 0 Å². The predicted octanol–water partition coefficient (Wildman–Crippen LogP) is 1.85. The number of nitrogens with one attached hydrogen (secondary N) is 1. The largest absolute Gasteiger partial charge is 0.266 e. The van der Waals surface area contributed by atoms with Crippen LogP contribution in [0.25, 0.3) is 0 Å². The number of aromatic nitrogens is 3. The molecule has 13 heavy (non-hydrogen) atoms. The van der Waals surface area contributed by atoms with Crippen molar-refractivity contribution in [1.82, 2.24) is 15.2 Å². The molecule has 3 nitrogen and oxygen atoms in total. The van der Waals surface area contributed by atoms with E-state index in [-0.39, 0.29) is 0 Å². The second-order valence-electron chi connectivity index (χ2n) is 2.63. The highest BCUT2D eigenvalue weighted by Gasteiger charge is 2.03. The van der Waals surface area contributed by atoms with Crippen LogP contribution in [0.4, 0.5) is 0 Å². The van der Waals surface area contributed by atoms with Gasteiger partial charge in [0.15, 0.2) is 0 Å². The van der Waals surface area contributed by atoms with Crippen molar-refractivity contribution in [2.75, 3.05) is 0 Å². The van der Waals surface area contributed by atoms with Crippen molar-refractivity contribution in [3.05, 3.63) is 47.0 Å². The third kappa shape index (κ3) is 1.87. The molecule has 0 spiro atoms. The lowest BCUT2D eigenvalue weighted by Gasteiger charge is -1.96. The SMILES string of the molecule is Clc1[nH]n[c]c1Cc1ccccn1. The van der Waals surface area contributed by atoms with E-state index < -0.39 is 0 Å². The molecular weight excluding hydrogens is 186 g/mol. The maximum atomic E-state index is 5.81. The Morgan fingerprint density at radius 2 is 2.38 bits per heavy atom. The molecule has 0 aromatic carbocycles. The molecule has 0 aliphatic heterocycles. The summed E-state index contributed by atoms with van der Waals surface area (Å²) in [5.74, 6) is 0. The Labute approximate surface area is 80.8 Å². The number of rotatable bonds is 2. The minimum Gasteiger partial charge on any atom is -0.266 e. The summed E-state index contributed by atoms with van der Waals surface area (Å²) in [5, 5.41) is 6.86.